The molecule has 7 heteroatoms. The van der Waals surface area contributed by atoms with Gasteiger partial charge in [-0.3, -0.25) is 15.0 Å². The summed E-state index contributed by atoms with van der Waals surface area (Å²) in [6, 6.07) is 4.83. The number of benzene rings is 1. The minimum atomic E-state index is -0.474. The molecule has 0 atom stereocenters. The Hall–Kier alpha value is -1.86. The predicted octanol–water partition coefficient (Wildman–Crippen LogP) is 0.291. The van der Waals surface area contributed by atoms with E-state index in [1.807, 2.05) is 0 Å². The van der Waals surface area contributed by atoms with Crippen LogP contribution in [0, 0.1) is 10.1 Å². The summed E-state index contributed by atoms with van der Waals surface area (Å²) in [6.07, 6.45) is 0. The lowest BCUT2D eigenvalue weighted by Crippen LogP contribution is -2.47. The van der Waals surface area contributed by atoms with Crippen LogP contribution in [0.4, 0.5) is 17.1 Å². The normalized spacial score (nSPS) is 16.6. The number of piperazine rings is 1. The summed E-state index contributed by atoms with van der Waals surface area (Å²) in [6.45, 7) is 4.27. The molecule has 3 N–H and O–H groups in total. The molecule has 0 aromatic heterocycles. The second-order valence-corrected chi connectivity index (χ2v) is 4.55. The van der Waals surface area contributed by atoms with Crippen LogP contribution in [-0.2, 0) is 0 Å². The molecule has 2 rings (SSSR count). The molecule has 1 aliphatic rings. The molecule has 0 amide bonds. The van der Waals surface area contributed by atoms with Crippen molar-refractivity contribution in [3.63, 3.8) is 0 Å². The zero-order valence-corrected chi connectivity index (χ0v) is 10.7. The van der Waals surface area contributed by atoms with E-state index < -0.39 is 4.92 Å². The molecule has 0 spiro atoms. The van der Waals surface area contributed by atoms with Crippen LogP contribution in [0.3, 0.4) is 0 Å². The van der Waals surface area contributed by atoms with Gasteiger partial charge >= 0.3 is 0 Å². The first-order valence-electron chi connectivity index (χ1n) is 6.24. The van der Waals surface area contributed by atoms with Gasteiger partial charge in [0.25, 0.3) is 5.69 Å². The molecule has 0 aliphatic carbocycles. The van der Waals surface area contributed by atoms with Crippen LogP contribution in [0.15, 0.2) is 18.2 Å². The Labute approximate surface area is 111 Å². The van der Waals surface area contributed by atoms with Crippen molar-refractivity contribution in [2.75, 3.05) is 50.0 Å². The molecular weight excluding hydrogens is 248 g/mol. The van der Waals surface area contributed by atoms with Crippen molar-refractivity contribution in [3.8, 4) is 0 Å². The maximum absolute atomic E-state index is 10.7. The van der Waals surface area contributed by atoms with E-state index in [0.29, 0.717) is 6.54 Å². The fourth-order valence-corrected chi connectivity index (χ4v) is 2.28. The van der Waals surface area contributed by atoms with E-state index in [-0.39, 0.29) is 18.0 Å². The first-order chi connectivity index (χ1) is 9.11. The highest BCUT2D eigenvalue weighted by atomic mass is 16.6. The van der Waals surface area contributed by atoms with Crippen LogP contribution in [0.1, 0.15) is 0 Å². The SMILES string of the molecule is Nc1cc(N2CCN(CCO)CC2)ccc1[N+](=O)[O-]. The molecule has 1 heterocycles. The second-order valence-electron chi connectivity index (χ2n) is 4.55. The molecule has 0 saturated carbocycles. The van der Waals surface area contributed by atoms with Gasteiger partial charge in [0.2, 0.25) is 0 Å². The Bertz CT molecular complexity index is 458. The van der Waals surface area contributed by atoms with Crippen molar-refractivity contribution in [2.24, 2.45) is 0 Å². The number of rotatable bonds is 4. The van der Waals surface area contributed by atoms with Crippen LogP contribution >= 0.6 is 0 Å². The van der Waals surface area contributed by atoms with E-state index >= 15 is 0 Å². The molecule has 0 bridgehead atoms. The topological polar surface area (TPSA) is 95.9 Å². The van der Waals surface area contributed by atoms with E-state index in [1.54, 1.807) is 12.1 Å². The monoisotopic (exact) mass is 266 g/mol. The van der Waals surface area contributed by atoms with Gasteiger partial charge in [-0.15, -0.1) is 0 Å². The molecular formula is C12H18N4O3. The van der Waals surface area contributed by atoms with E-state index in [4.69, 9.17) is 10.8 Å². The van der Waals surface area contributed by atoms with Gasteiger partial charge in [0.1, 0.15) is 5.69 Å². The first-order valence-corrected chi connectivity index (χ1v) is 6.24. The number of nitro benzene ring substituents is 1. The number of nitro groups is 1. The quantitative estimate of drug-likeness (QED) is 0.462. The van der Waals surface area contributed by atoms with Crippen molar-refractivity contribution < 1.29 is 10.0 Å². The fourth-order valence-electron chi connectivity index (χ4n) is 2.28. The molecule has 7 nitrogen and oxygen atoms in total. The number of anilines is 2. The van der Waals surface area contributed by atoms with Gasteiger partial charge in [-0.05, 0) is 12.1 Å². The lowest BCUT2D eigenvalue weighted by atomic mass is 10.2. The molecule has 1 aromatic carbocycles. The van der Waals surface area contributed by atoms with Crippen molar-refractivity contribution in [3.05, 3.63) is 28.3 Å². The molecule has 1 saturated heterocycles. The Morgan fingerprint density at radius 3 is 2.53 bits per heavy atom. The standard InChI is InChI=1S/C12H18N4O3/c13-11-9-10(1-2-12(11)16(18)19)15-5-3-14(4-6-15)7-8-17/h1-2,9,17H,3-8,13H2. The maximum atomic E-state index is 10.7. The summed E-state index contributed by atoms with van der Waals surface area (Å²) in [5, 5.41) is 19.6. The van der Waals surface area contributed by atoms with Gasteiger partial charge < -0.3 is 15.7 Å². The number of hydrogen-bond donors (Lipinski definition) is 2. The number of β-amino-alcohol motifs (C(OH)–C–C–N with tert-alkyl or cyclic N) is 1. The highest BCUT2D eigenvalue weighted by Crippen LogP contribution is 2.27. The van der Waals surface area contributed by atoms with E-state index in [2.05, 4.69) is 9.80 Å². The smallest absolute Gasteiger partial charge is 0.292 e. The van der Waals surface area contributed by atoms with Crippen LogP contribution in [0.25, 0.3) is 0 Å². The number of nitrogens with zero attached hydrogens (tertiary/aromatic N) is 3. The molecule has 19 heavy (non-hydrogen) atoms. The average molecular weight is 266 g/mol. The van der Waals surface area contributed by atoms with Crippen LogP contribution in [0.5, 0.6) is 0 Å². The Morgan fingerprint density at radius 2 is 2.00 bits per heavy atom. The molecule has 104 valence electrons. The van der Waals surface area contributed by atoms with Gasteiger partial charge in [-0.25, -0.2) is 0 Å². The van der Waals surface area contributed by atoms with Crippen molar-refractivity contribution in [1.82, 2.24) is 4.90 Å². The molecule has 1 aromatic rings. The van der Waals surface area contributed by atoms with Crippen molar-refractivity contribution in [2.45, 2.75) is 0 Å². The van der Waals surface area contributed by atoms with Crippen LogP contribution in [-0.4, -0.2) is 54.3 Å². The van der Waals surface area contributed by atoms with E-state index in [9.17, 15) is 10.1 Å². The summed E-state index contributed by atoms with van der Waals surface area (Å²) >= 11 is 0. The van der Waals surface area contributed by atoms with Gasteiger partial charge in [-0.1, -0.05) is 0 Å². The number of aliphatic hydroxyl groups excluding tert-OH is 1. The molecule has 1 fully saturated rings. The lowest BCUT2D eigenvalue weighted by Gasteiger charge is -2.35. The van der Waals surface area contributed by atoms with Gasteiger partial charge in [0.15, 0.2) is 0 Å². The van der Waals surface area contributed by atoms with Crippen LogP contribution < -0.4 is 10.6 Å². The minimum Gasteiger partial charge on any atom is -0.395 e. The zero-order valence-electron chi connectivity index (χ0n) is 10.7. The van der Waals surface area contributed by atoms with E-state index in [0.717, 1.165) is 31.9 Å². The molecule has 1 aliphatic heterocycles. The zero-order chi connectivity index (χ0) is 13.8. The van der Waals surface area contributed by atoms with Crippen LogP contribution in [0.2, 0.25) is 0 Å². The summed E-state index contributed by atoms with van der Waals surface area (Å²) in [4.78, 5) is 14.6. The van der Waals surface area contributed by atoms with Gasteiger partial charge in [0.05, 0.1) is 11.5 Å². The Morgan fingerprint density at radius 1 is 1.32 bits per heavy atom. The number of nitrogen functional groups attached to an aromatic ring is 1. The largest absolute Gasteiger partial charge is 0.395 e. The minimum absolute atomic E-state index is 0.0531. The average Bonchev–Trinajstić information content (AvgIpc) is 2.39. The fraction of sp³-hybridized carbons (Fsp3) is 0.500. The van der Waals surface area contributed by atoms with Crippen molar-refractivity contribution in [1.29, 1.82) is 0 Å². The summed E-state index contributed by atoms with van der Waals surface area (Å²) in [5.74, 6) is 0. The number of aliphatic hydroxyl groups is 1. The van der Waals surface area contributed by atoms with Crippen molar-refractivity contribution >= 4 is 17.1 Å². The van der Waals surface area contributed by atoms with Gasteiger partial charge in [0, 0.05) is 44.5 Å². The third-order valence-corrected chi connectivity index (χ3v) is 3.36. The third kappa shape index (κ3) is 3.12. The highest BCUT2D eigenvalue weighted by Gasteiger charge is 2.19. The van der Waals surface area contributed by atoms with Gasteiger partial charge in [-0.2, -0.15) is 0 Å². The number of nitrogens with two attached hydrogens (primary N) is 1. The summed E-state index contributed by atoms with van der Waals surface area (Å²) < 4.78 is 0. The maximum Gasteiger partial charge on any atom is 0.292 e. The Balaban J connectivity index is 2.04. The Kier molecular flexibility index (Phi) is 4.18. The number of hydrogen-bond acceptors (Lipinski definition) is 6. The highest BCUT2D eigenvalue weighted by molar-refractivity contribution is 5.66. The summed E-state index contributed by atoms with van der Waals surface area (Å²) in [7, 11) is 0. The predicted molar refractivity (Wildman–Crippen MR) is 73.2 cm³/mol. The van der Waals surface area contributed by atoms with E-state index in [1.165, 1.54) is 6.07 Å². The lowest BCUT2D eigenvalue weighted by molar-refractivity contribution is -0.383. The summed E-state index contributed by atoms with van der Waals surface area (Å²) in [5.41, 5.74) is 6.74. The molecule has 0 radical (unpaired) electrons. The second kappa shape index (κ2) is 5.85. The molecule has 0 unspecified atom stereocenters. The first kappa shape index (κ1) is 13.6. The third-order valence-electron chi connectivity index (χ3n) is 3.36.